The Hall–Kier alpha value is -2.72. The second kappa shape index (κ2) is 11.4. The largest absolute Gasteiger partial charge is 0.497 e. The second-order valence-corrected chi connectivity index (χ2v) is 10.1. The number of nitrogens with one attached hydrogen (secondary N) is 1. The van der Waals surface area contributed by atoms with Gasteiger partial charge in [-0.25, -0.2) is 13.8 Å². The number of hydrazone groups is 1. The van der Waals surface area contributed by atoms with Gasteiger partial charge in [0.05, 0.1) is 24.8 Å². The number of rotatable bonds is 9. The number of carbonyl (C=O) groups excluding carboxylic acids is 1. The molecule has 0 radical (unpaired) electrons. The highest BCUT2D eigenvalue weighted by molar-refractivity contribution is 9.10. The van der Waals surface area contributed by atoms with Crippen molar-refractivity contribution in [3.63, 3.8) is 0 Å². The number of ether oxygens (including phenoxy) is 1. The van der Waals surface area contributed by atoms with Crippen molar-refractivity contribution >= 4 is 49.7 Å². The predicted octanol–water partition coefficient (Wildman–Crippen LogP) is 4.45. The minimum absolute atomic E-state index is 0.0606. The number of nitrogens with zero attached hydrogens (tertiary/aromatic N) is 2. The van der Waals surface area contributed by atoms with Crippen LogP contribution in [0.2, 0.25) is 5.02 Å². The van der Waals surface area contributed by atoms with Gasteiger partial charge in [0.2, 0.25) is 10.0 Å². The van der Waals surface area contributed by atoms with Gasteiger partial charge in [-0.3, -0.25) is 4.79 Å². The molecule has 3 rings (SSSR count). The van der Waals surface area contributed by atoms with Crippen molar-refractivity contribution in [3.8, 4) is 5.75 Å². The van der Waals surface area contributed by atoms with Gasteiger partial charge < -0.3 is 4.74 Å². The summed E-state index contributed by atoms with van der Waals surface area (Å²) in [7, 11) is -2.44. The highest BCUT2D eigenvalue weighted by atomic mass is 79.9. The van der Waals surface area contributed by atoms with E-state index in [4.69, 9.17) is 16.3 Å². The molecule has 0 fully saturated rings. The van der Waals surface area contributed by atoms with Crippen molar-refractivity contribution < 1.29 is 17.9 Å². The lowest BCUT2D eigenvalue weighted by molar-refractivity contribution is -0.121. The lowest BCUT2D eigenvalue weighted by Crippen LogP contribution is -2.39. The summed E-state index contributed by atoms with van der Waals surface area (Å²) in [6.45, 7) is -0.524. The molecule has 0 bridgehead atoms. The summed E-state index contributed by atoms with van der Waals surface area (Å²) in [6.07, 6.45) is 1.45. The van der Waals surface area contributed by atoms with Crippen LogP contribution in [0, 0.1) is 0 Å². The maximum atomic E-state index is 13.3. The minimum Gasteiger partial charge on any atom is -0.497 e. The molecule has 1 N–H and O–H groups in total. The molecule has 0 aliphatic heterocycles. The van der Waals surface area contributed by atoms with Crippen molar-refractivity contribution in [1.82, 2.24) is 9.73 Å². The Morgan fingerprint density at radius 2 is 1.85 bits per heavy atom. The number of halogens is 2. The van der Waals surface area contributed by atoms with Crippen LogP contribution in [0.25, 0.3) is 0 Å². The fourth-order valence-corrected chi connectivity index (χ4v) is 4.73. The Labute approximate surface area is 206 Å². The van der Waals surface area contributed by atoms with Crippen LogP contribution in [0.3, 0.4) is 0 Å². The molecule has 1 amide bonds. The Balaban J connectivity index is 1.79. The molecule has 0 heterocycles. The molecule has 3 aromatic carbocycles. The van der Waals surface area contributed by atoms with E-state index in [1.54, 1.807) is 67.8 Å². The van der Waals surface area contributed by atoms with E-state index in [1.165, 1.54) is 18.3 Å². The van der Waals surface area contributed by atoms with Crippen LogP contribution in [0.15, 0.2) is 87.3 Å². The molecule has 33 heavy (non-hydrogen) atoms. The predicted molar refractivity (Wildman–Crippen MR) is 132 cm³/mol. The molecule has 0 atom stereocenters. The molecule has 0 aliphatic carbocycles. The Morgan fingerprint density at radius 1 is 1.12 bits per heavy atom. The number of hydrogen-bond acceptors (Lipinski definition) is 5. The number of carbonyl (C=O) groups is 1. The van der Waals surface area contributed by atoms with Gasteiger partial charge in [-0.1, -0.05) is 57.9 Å². The average Bonchev–Trinajstić information content (AvgIpc) is 2.80. The number of sulfonamides is 1. The number of amides is 1. The maximum Gasteiger partial charge on any atom is 0.255 e. The first kappa shape index (κ1) is 24.9. The number of benzene rings is 3. The molecule has 0 aliphatic rings. The van der Waals surface area contributed by atoms with Gasteiger partial charge in [0.1, 0.15) is 5.75 Å². The van der Waals surface area contributed by atoms with Gasteiger partial charge in [0.15, 0.2) is 0 Å². The van der Waals surface area contributed by atoms with E-state index in [0.717, 1.165) is 8.78 Å². The van der Waals surface area contributed by atoms with Crippen molar-refractivity contribution in [2.24, 2.45) is 5.10 Å². The molecular formula is C23H21BrClN3O4S. The summed E-state index contributed by atoms with van der Waals surface area (Å²) < 4.78 is 33.5. The summed E-state index contributed by atoms with van der Waals surface area (Å²) in [6, 6.07) is 20.2. The normalized spacial score (nSPS) is 11.6. The standard InChI is InChI=1S/C23H21BrClN3O4S/c1-32-20-7-4-5-17(13-20)14-26-27-23(29)16-28(15-18-6-2-3-8-22(18)25)33(30,31)21-11-9-19(24)10-12-21/h2-14H,15-16H2,1H3,(H,27,29)/b26-14+. The van der Waals surface area contributed by atoms with E-state index in [0.29, 0.717) is 21.9 Å². The molecule has 10 heteroatoms. The maximum absolute atomic E-state index is 13.3. The Kier molecular flexibility index (Phi) is 8.62. The highest BCUT2D eigenvalue weighted by Crippen LogP contribution is 2.23. The lowest BCUT2D eigenvalue weighted by Gasteiger charge is -2.22. The summed E-state index contributed by atoms with van der Waals surface area (Å²) in [5.41, 5.74) is 3.66. The van der Waals surface area contributed by atoms with Gasteiger partial charge in [-0.15, -0.1) is 0 Å². The first-order valence-corrected chi connectivity index (χ1v) is 12.4. The third-order valence-electron chi connectivity index (χ3n) is 4.57. The van der Waals surface area contributed by atoms with Crippen molar-refractivity contribution in [2.45, 2.75) is 11.4 Å². The first-order chi connectivity index (χ1) is 15.8. The van der Waals surface area contributed by atoms with E-state index in [1.807, 2.05) is 0 Å². The summed E-state index contributed by atoms with van der Waals surface area (Å²) in [5, 5.41) is 4.33. The topological polar surface area (TPSA) is 88.1 Å². The molecular weight excluding hydrogens is 530 g/mol. The van der Waals surface area contributed by atoms with E-state index in [2.05, 4.69) is 26.5 Å². The van der Waals surface area contributed by atoms with Gasteiger partial charge >= 0.3 is 0 Å². The van der Waals surface area contributed by atoms with Crippen LogP contribution in [-0.4, -0.2) is 38.5 Å². The van der Waals surface area contributed by atoms with E-state index in [9.17, 15) is 13.2 Å². The van der Waals surface area contributed by atoms with Crippen LogP contribution in [0.1, 0.15) is 11.1 Å². The van der Waals surface area contributed by atoms with Gasteiger partial charge in [0, 0.05) is 16.0 Å². The van der Waals surface area contributed by atoms with E-state index < -0.39 is 22.5 Å². The molecule has 3 aromatic rings. The number of hydrogen-bond donors (Lipinski definition) is 1. The van der Waals surface area contributed by atoms with Crippen LogP contribution in [0.4, 0.5) is 0 Å². The SMILES string of the molecule is COc1cccc(/C=N/NC(=O)CN(Cc2ccccc2Cl)S(=O)(=O)c2ccc(Br)cc2)c1. The third kappa shape index (κ3) is 6.88. The molecule has 0 saturated heterocycles. The van der Waals surface area contributed by atoms with Crippen LogP contribution < -0.4 is 10.2 Å². The Morgan fingerprint density at radius 3 is 2.55 bits per heavy atom. The van der Waals surface area contributed by atoms with Crippen molar-refractivity contribution in [2.75, 3.05) is 13.7 Å². The minimum atomic E-state index is -3.99. The molecule has 172 valence electrons. The van der Waals surface area contributed by atoms with Crippen LogP contribution >= 0.6 is 27.5 Å². The van der Waals surface area contributed by atoms with Gasteiger partial charge in [-0.2, -0.15) is 9.41 Å². The monoisotopic (exact) mass is 549 g/mol. The quantitative estimate of drug-likeness (QED) is 0.315. The molecule has 0 saturated carbocycles. The van der Waals surface area contributed by atoms with E-state index in [-0.39, 0.29) is 11.4 Å². The zero-order valence-electron chi connectivity index (χ0n) is 17.6. The highest BCUT2D eigenvalue weighted by Gasteiger charge is 2.27. The zero-order valence-corrected chi connectivity index (χ0v) is 20.8. The average molecular weight is 551 g/mol. The Bertz CT molecular complexity index is 1250. The van der Waals surface area contributed by atoms with E-state index >= 15 is 0 Å². The fourth-order valence-electron chi connectivity index (χ4n) is 2.89. The second-order valence-electron chi connectivity index (χ2n) is 6.89. The summed E-state index contributed by atoms with van der Waals surface area (Å²) in [4.78, 5) is 12.6. The summed E-state index contributed by atoms with van der Waals surface area (Å²) in [5.74, 6) is 0.0543. The molecule has 0 aromatic heterocycles. The molecule has 0 unspecified atom stereocenters. The number of methoxy groups -OCH3 is 1. The van der Waals surface area contributed by atoms with Crippen LogP contribution in [-0.2, 0) is 21.4 Å². The zero-order chi connectivity index (χ0) is 23.8. The van der Waals surface area contributed by atoms with Crippen molar-refractivity contribution in [3.05, 3.63) is 93.4 Å². The molecule has 0 spiro atoms. The summed E-state index contributed by atoms with van der Waals surface area (Å²) >= 11 is 9.53. The van der Waals surface area contributed by atoms with Crippen molar-refractivity contribution in [1.29, 1.82) is 0 Å². The fraction of sp³-hybridized carbons (Fsp3) is 0.130. The van der Waals surface area contributed by atoms with Crippen LogP contribution in [0.5, 0.6) is 5.75 Å². The van der Waals surface area contributed by atoms with Gasteiger partial charge in [0.25, 0.3) is 5.91 Å². The first-order valence-electron chi connectivity index (χ1n) is 9.74. The third-order valence-corrected chi connectivity index (χ3v) is 7.28. The molecule has 7 nitrogen and oxygen atoms in total. The smallest absolute Gasteiger partial charge is 0.255 e. The van der Waals surface area contributed by atoms with Gasteiger partial charge in [-0.05, 0) is 53.6 Å². The lowest BCUT2D eigenvalue weighted by atomic mass is 10.2.